The Morgan fingerprint density at radius 3 is 3.00 bits per heavy atom. The van der Waals surface area contributed by atoms with E-state index in [-0.39, 0.29) is 11.8 Å². The molecule has 0 aliphatic heterocycles. The molecular weight excluding hydrogens is 178 g/mol. The molecule has 2 N–H and O–H groups in total. The monoisotopic (exact) mass is 193 g/mol. The Balaban J connectivity index is 1.77. The molecule has 76 valence electrons. The van der Waals surface area contributed by atoms with Crippen LogP contribution in [0.3, 0.4) is 0 Å². The third-order valence-corrected chi connectivity index (χ3v) is 2.75. The van der Waals surface area contributed by atoms with Gasteiger partial charge in [0, 0.05) is 24.2 Å². The van der Waals surface area contributed by atoms with E-state index in [1.54, 1.807) is 12.4 Å². The lowest BCUT2D eigenvalue weighted by Crippen LogP contribution is -2.28. The largest absolute Gasteiger partial charge is 0.352 e. The van der Waals surface area contributed by atoms with Crippen molar-refractivity contribution in [3.05, 3.63) is 18.0 Å². The summed E-state index contributed by atoms with van der Waals surface area (Å²) >= 11 is 0. The fourth-order valence-electron chi connectivity index (χ4n) is 1.90. The second-order valence-corrected chi connectivity index (χ2v) is 3.81. The van der Waals surface area contributed by atoms with Crippen molar-refractivity contribution >= 4 is 5.91 Å². The van der Waals surface area contributed by atoms with Crippen molar-refractivity contribution in [2.75, 3.05) is 0 Å². The van der Waals surface area contributed by atoms with Crippen molar-refractivity contribution in [3.63, 3.8) is 0 Å². The number of amides is 1. The minimum atomic E-state index is 0.198. The topological polar surface area (TPSA) is 57.8 Å². The Hall–Kier alpha value is -1.32. The molecule has 0 radical (unpaired) electrons. The zero-order valence-electron chi connectivity index (χ0n) is 8.12. The number of hydrogen-bond donors (Lipinski definition) is 2. The van der Waals surface area contributed by atoms with Crippen LogP contribution in [-0.2, 0) is 11.3 Å². The number of aromatic amines is 1. The molecule has 1 amide bonds. The summed E-state index contributed by atoms with van der Waals surface area (Å²) in [7, 11) is 0. The van der Waals surface area contributed by atoms with Gasteiger partial charge in [0.25, 0.3) is 0 Å². The minimum absolute atomic E-state index is 0.198. The molecule has 1 aromatic rings. The van der Waals surface area contributed by atoms with Crippen LogP contribution >= 0.6 is 0 Å². The summed E-state index contributed by atoms with van der Waals surface area (Å²) < 4.78 is 0. The highest BCUT2D eigenvalue weighted by atomic mass is 16.1. The Morgan fingerprint density at radius 2 is 2.36 bits per heavy atom. The number of nitrogens with zero attached hydrogens (tertiary/aromatic N) is 1. The van der Waals surface area contributed by atoms with E-state index in [0.29, 0.717) is 6.54 Å². The quantitative estimate of drug-likeness (QED) is 0.758. The average Bonchev–Trinajstić information content (AvgIpc) is 2.87. The first kappa shape index (κ1) is 9.24. The highest BCUT2D eigenvalue weighted by molar-refractivity contribution is 5.78. The fourth-order valence-corrected chi connectivity index (χ4v) is 1.90. The third-order valence-electron chi connectivity index (χ3n) is 2.75. The molecule has 2 rings (SSSR count). The van der Waals surface area contributed by atoms with E-state index in [1.165, 1.54) is 12.8 Å². The summed E-state index contributed by atoms with van der Waals surface area (Å²) in [6, 6.07) is 0. The molecule has 4 nitrogen and oxygen atoms in total. The Morgan fingerprint density at radius 1 is 1.57 bits per heavy atom. The molecular formula is C10H15N3O. The van der Waals surface area contributed by atoms with E-state index < -0.39 is 0 Å². The second-order valence-electron chi connectivity index (χ2n) is 3.81. The van der Waals surface area contributed by atoms with Gasteiger partial charge in [0.1, 0.15) is 0 Å². The molecule has 0 unspecified atom stereocenters. The molecule has 1 aliphatic rings. The van der Waals surface area contributed by atoms with Gasteiger partial charge < -0.3 is 5.32 Å². The smallest absolute Gasteiger partial charge is 0.223 e. The van der Waals surface area contributed by atoms with Crippen LogP contribution in [0.1, 0.15) is 31.2 Å². The first-order valence-corrected chi connectivity index (χ1v) is 5.11. The molecule has 1 aliphatic carbocycles. The molecule has 0 saturated heterocycles. The predicted octanol–water partition coefficient (Wildman–Crippen LogP) is 1.22. The first-order valence-electron chi connectivity index (χ1n) is 5.11. The molecule has 1 heterocycles. The maximum Gasteiger partial charge on any atom is 0.223 e. The van der Waals surface area contributed by atoms with E-state index in [1.807, 2.05) is 0 Å². The van der Waals surface area contributed by atoms with Crippen molar-refractivity contribution < 1.29 is 4.79 Å². The van der Waals surface area contributed by atoms with Gasteiger partial charge in [-0.3, -0.25) is 9.89 Å². The van der Waals surface area contributed by atoms with Crippen LogP contribution in [0.25, 0.3) is 0 Å². The van der Waals surface area contributed by atoms with Gasteiger partial charge in [-0.2, -0.15) is 5.10 Å². The van der Waals surface area contributed by atoms with Gasteiger partial charge in [0.2, 0.25) is 5.91 Å². The number of nitrogens with one attached hydrogen (secondary N) is 2. The summed E-state index contributed by atoms with van der Waals surface area (Å²) in [5.74, 6) is 0.450. The maximum absolute atomic E-state index is 11.6. The van der Waals surface area contributed by atoms with Crippen molar-refractivity contribution in [2.45, 2.75) is 32.2 Å². The molecule has 1 fully saturated rings. The van der Waals surface area contributed by atoms with Crippen LogP contribution in [0.5, 0.6) is 0 Å². The van der Waals surface area contributed by atoms with Crippen molar-refractivity contribution in [1.29, 1.82) is 0 Å². The molecule has 0 spiro atoms. The van der Waals surface area contributed by atoms with Crippen molar-refractivity contribution in [3.8, 4) is 0 Å². The summed E-state index contributed by atoms with van der Waals surface area (Å²) in [5, 5.41) is 9.47. The van der Waals surface area contributed by atoms with Gasteiger partial charge in [-0.1, -0.05) is 12.8 Å². The Labute approximate surface area is 83.1 Å². The lowest BCUT2D eigenvalue weighted by atomic mass is 10.1. The van der Waals surface area contributed by atoms with Crippen LogP contribution in [0.2, 0.25) is 0 Å². The molecule has 14 heavy (non-hydrogen) atoms. The van der Waals surface area contributed by atoms with Gasteiger partial charge >= 0.3 is 0 Å². The lowest BCUT2D eigenvalue weighted by Gasteiger charge is -2.08. The van der Waals surface area contributed by atoms with Crippen molar-refractivity contribution in [1.82, 2.24) is 15.5 Å². The van der Waals surface area contributed by atoms with E-state index in [4.69, 9.17) is 0 Å². The number of hydrogen-bond acceptors (Lipinski definition) is 2. The highest BCUT2D eigenvalue weighted by Gasteiger charge is 2.21. The Bertz CT molecular complexity index is 288. The average molecular weight is 193 g/mol. The fraction of sp³-hybridized carbons (Fsp3) is 0.600. The first-order chi connectivity index (χ1) is 6.86. The molecule has 0 aromatic carbocycles. The molecule has 0 bridgehead atoms. The van der Waals surface area contributed by atoms with Crippen LogP contribution in [0, 0.1) is 5.92 Å². The predicted molar refractivity (Wildman–Crippen MR) is 52.4 cm³/mol. The third kappa shape index (κ3) is 2.13. The second kappa shape index (κ2) is 4.26. The van der Waals surface area contributed by atoms with Gasteiger partial charge in [-0.05, 0) is 12.8 Å². The lowest BCUT2D eigenvalue weighted by molar-refractivity contribution is -0.124. The summed E-state index contributed by atoms with van der Waals surface area (Å²) in [5.41, 5.74) is 1.02. The van der Waals surface area contributed by atoms with Crippen LogP contribution in [0.15, 0.2) is 12.4 Å². The van der Waals surface area contributed by atoms with E-state index in [2.05, 4.69) is 15.5 Å². The Kier molecular flexibility index (Phi) is 2.81. The molecule has 1 aromatic heterocycles. The number of carbonyl (C=O) groups is 1. The normalized spacial score (nSPS) is 17.1. The van der Waals surface area contributed by atoms with Crippen LogP contribution in [0.4, 0.5) is 0 Å². The summed E-state index contributed by atoms with van der Waals surface area (Å²) in [6.45, 7) is 0.589. The highest BCUT2D eigenvalue weighted by Crippen LogP contribution is 2.24. The molecule has 0 atom stereocenters. The summed E-state index contributed by atoms with van der Waals surface area (Å²) in [4.78, 5) is 11.6. The van der Waals surface area contributed by atoms with E-state index >= 15 is 0 Å². The molecule has 4 heteroatoms. The molecule has 1 saturated carbocycles. The zero-order valence-corrected chi connectivity index (χ0v) is 8.12. The number of aromatic nitrogens is 2. The van der Waals surface area contributed by atoms with Crippen LogP contribution in [-0.4, -0.2) is 16.1 Å². The van der Waals surface area contributed by atoms with E-state index in [9.17, 15) is 4.79 Å². The van der Waals surface area contributed by atoms with E-state index in [0.717, 1.165) is 18.4 Å². The number of rotatable bonds is 3. The minimum Gasteiger partial charge on any atom is -0.352 e. The summed E-state index contributed by atoms with van der Waals surface area (Å²) in [6.07, 6.45) is 8.03. The van der Waals surface area contributed by atoms with Gasteiger partial charge in [-0.15, -0.1) is 0 Å². The van der Waals surface area contributed by atoms with Crippen molar-refractivity contribution in [2.24, 2.45) is 5.92 Å². The van der Waals surface area contributed by atoms with Gasteiger partial charge in [0.05, 0.1) is 6.20 Å². The van der Waals surface area contributed by atoms with Gasteiger partial charge in [0.15, 0.2) is 0 Å². The zero-order chi connectivity index (χ0) is 9.80. The van der Waals surface area contributed by atoms with Crippen LogP contribution < -0.4 is 5.32 Å². The SMILES string of the molecule is O=C(NCc1cn[nH]c1)C1CCCC1. The van der Waals surface area contributed by atoms with Gasteiger partial charge in [-0.25, -0.2) is 0 Å². The number of carbonyl (C=O) groups excluding carboxylic acids is 1. The standard InChI is InChI=1S/C10H15N3O/c14-10(9-3-1-2-4-9)11-5-8-6-12-13-7-8/h6-7,9H,1-5H2,(H,11,14)(H,12,13). The maximum atomic E-state index is 11.6. The number of H-pyrrole nitrogens is 1.